The molecule has 1 aromatic heterocycles. The van der Waals surface area contributed by atoms with Crippen LogP contribution in [0.5, 0.6) is 0 Å². The van der Waals surface area contributed by atoms with Crippen molar-refractivity contribution in [3.8, 4) is 5.69 Å². The first kappa shape index (κ1) is 22.1. The van der Waals surface area contributed by atoms with Crippen LogP contribution in [0, 0.1) is 0 Å². The fourth-order valence-electron chi connectivity index (χ4n) is 3.55. The third-order valence-electron chi connectivity index (χ3n) is 5.20. The smallest absolute Gasteiger partial charge is 0.338 e. The quantitative estimate of drug-likeness (QED) is 0.360. The number of carbonyl (C=O) groups is 2. The van der Waals surface area contributed by atoms with Crippen molar-refractivity contribution in [1.29, 1.82) is 0 Å². The van der Waals surface area contributed by atoms with Crippen molar-refractivity contribution in [2.24, 2.45) is 0 Å². The summed E-state index contributed by atoms with van der Waals surface area (Å²) in [5.74, 6) is 0.248. The Balaban J connectivity index is 1.64. The molecule has 0 saturated heterocycles. The van der Waals surface area contributed by atoms with Gasteiger partial charge in [0.1, 0.15) is 5.82 Å². The van der Waals surface area contributed by atoms with Gasteiger partial charge in [0, 0.05) is 11.5 Å². The summed E-state index contributed by atoms with van der Waals surface area (Å²) in [5.41, 5.74) is 2.59. The normalized spacial score (nSPS) is 10.9. The summed E-state index contributed by atoms with van der Waals surface area (Å²) in [5, 5.41) is 12.5. The third-order valence-corrected chi connectivity index (χ3v) is 5.20. The number of urea groups is 1. The van der Waals surface area contributed by atoms with Crippen molar-refractivity contribution >= 4 is 34.3 Å². The highest BCUT2D eigenvalue weighted by atomic mass is 16.5. The van der Waals surface area contributed by atoms with Gasteiger partial charge in [0.25, 0.3) is 0 Å². The molecule has 1 heterocycles. The number of carbonyl (C=O) groups excluding carboxylic acids is 2. The molecule has 0 aliphatic carbocycles. The Morgan fingerprint density at radius 1 is 0.970 bits per heavy atom. The zero-order valence-corrected chi connectivity index (χ0v) is 18.8. The standard InChI is InChI=1S/C26H26N4O3/c1-4-33-25(31)19-11-7-12-20(15-19)30-24(16-23(29-30)17(2)3)28-26(32)27-22-14-8-10-18-9-5-6-13-21(18)22/h5-17H,4H2,1-3H3,(H2,27,28,32). The predicted molar refractivity (Wildman–Crippen MR) is 130 cm³/mol. The van der Waals surface area contributed by atoms with Crippen LogP contribution in [0.3, 0.4) is 0 Å². The van der Waals surface area contributed by atoms with Crippen LogP contribution in [-0.2, 0) is 4.74 Å². The topological polar surface area (TPSA) is 85.2 Å². The van der Waals surface area contributed by atoms with E-state index in [4.69, 9.17) is 4.74 Å². The van der Waals surface area contributed by atoms with Crippen LogP contribution < -0.4 is 10.6 Å². The average molecular weight is 443 g/mol. The number of hydrogen-bond acceptors (Lipinski definition) is 4. The lowest BCUT2D eigenvalue weighted by Gasteiger charge is -2.12. The highest BCUT2D eigenvalue weighted by Crippen LogP contribution is 2.25. The van der Waals surface area contributed by atoms with Crippen LogP contribution in [-0.4, -0.2) is 28.4 Å². The van der Waals surface area contributed by atoms with E-state index in [-0.39, 0.29) is 11.9 Å². The van der Waals surface area contributed by atoms with Gasteiger partial charge in [-0.1, -0.05) is 56.3 Å². The number of nitrogens with zero attached hydrogens (tertiary/aromatic N) is 2. The number of amides is 2. The number of fused-ring (bicyclic) bond motifs is 1. The van der Waals surface area contributed by atoms with Gasteiger partial charge in [-0.2, -0.15) is 5.10 Å². The minimum absolute atomic E-state index is 0.154. The minimum Gasteiger partial charge on any atom is -0.462 e. The van der Waals surface area contributed by atoms with Gasteiger partial charge in [-0.05, 0) is 42.5 Å². The molecule has 4 aromatic rings. The van der Waals surface area contributed by atoms with Crippen LogP contribution in [0.2, 0.25) is 0 Å². The summed E-state index contributed by atoms with van der Waals surface area (Å²) in [4.78, 5) is 25.1. The molecular weight excluding hydrogens is 416 g/mol. The van der Waals surface area contributed by atoms with Gasteiger partial charge in [-0.3, -0.25) is 5.32 Å². The summed E-state index contributed by atoms with van der Waals surface area (Å²) < 4.78 is 6.74. The van der Waals surface area contributed by atoms with Crippen molar-refractivity contribution in [2.75, 3.05) is 17.2 Å². The predicted octanol–water partition coefficient (Wildman–Crippen LogP) is 5.97. The molecule has 0 bridgehead atoms. The van der Waals surface area contributed by atoms with Crippen molar-refractivity contribution < 1.29 is 14.3 Å². The van der Waals surface area contributed by atoms with Crippen LogP contribution >= 0.6 is 0 Å². The third kappa shape index (κ3) is 4.87. The van der Waals surface area contributed by atoms with Crippen molar-refractivity contribution in [3.63, 3.8) is 0 Å². The number of aromatic nitrogens is 2. The van der Waals surface area contributed by atoms with E-state index < -0.39 is 5.97 Å². The number of esters is 1. The summed E-state index contributed by atoms with van der Waals surface area (Å²) >= 11 is 0. The highest BCUT2D eigenvalue weighted by Gasteiger charge is 2.16. The molecule has 0 saturated carbocycles. The molecule has 0 unspecified atom stereocenters. The maximum atomic E-state index is 12.9. The molecule has 0 radical (unpaired) electrons. The highest BCUT2D eigenvalue weighted by molar-refractivity contribution is 6.06. The van der Waals surface area contributed by atoms with Gasteiger partial charge in [-0.15, -0.1) is 0 Å². The zero-order chi connectivity index (χ0) is 23.4. The van der Waals surface area contributed by atoms with Gasteiger partial charge >= 0.3 is 12.0 Å². The molecule has 0 aliphatic rings. The number of rotatable bonds is 6. The summed E-state index contributed by atoms with van der Waals surface area (Å²) in [6, 6.07) is 22.1. The molecule has 2 amide bonds. The number of anilines is 2. The first-order valence-electron chi connectivity index (χ1n) is 10.9. The second-order valence-corrected chi connectivity index (χ2v) is 7.90. The molecule has 0 fully saturated rings. The molecule has 7 heteroatoms. The maximum absolute atomic E-state index is 12.9. The van der Waals surface area contributed by atoms with Crippen molar-refractivity contribution in [3.05, 3.63) is 84.1 Å². The van der Waals surface area contributed by atoms with E-state index in [1.165, 1.54) is 0 Å². The molecule has 33 heavy (non-hydrogen) atoms. The Morgan fingerprint density at radius 2 is 1.73 bits per heavy atom. The summed E-state index contributed by atoms with van der Waals surface area (Å²) in [6.07, 6.45) is 0. The average Bonchev–Trinajstić information content (AvgIpc) is 3.23. The Hall–Kier alpha value is -4.13. The van der Waals surface area contributed by atoms with Crippen LogP contribution in [0.25, 0.3) is 16.5 Å². The van der Waals surface area contributed by atoms with E-state index in [0.29, 0.717) is 29.4 Å². The number of nitrogens with one attached hydrogen (secondary N) is 2. The lowest BCUT2D eigenvalue weighted by atomic mass is 10.1. The Bertz CT molecular complexity index is 1300. The van der Waals surface area contributed by atoms with E-state index in [1.807, 2.05) is 68.4 Å². The van der Waals surface area contributed by atoms with Crippen LogP contribution in [0.15, 0.2) is 72.8 Å². The lowest BCUT2D eigenvalue weighted by Crippen LogP contribution is -2.21. The fourth-order valence-corrected chi connectivity index (χ4v) is 3.55. The van der Waals surface area contributed by atoms with E-state index in [0.717, 1.165) is 16.5 Å². The molecule has 0 atom stereocenters. The molecule has 0 spiro atoms. The van der Waals surface area contributed by atoms with Crippen molar-refractivity contribution in [2.45, 2.75) is 26.7 Å². The lowest BCUT2D eigenvalue weighted by molar-refractivity contribution is 0.0526. The summed E-state index contributed by atoms with van der Waals surface area (Å²) in [7, 11) is 0. The van der Waals surface area contributed by atoms with Gasteiger partial charge in [0.05, 0.1) is 29.2 Å². The number of hydrogen-bond donors (Lipinski definition) is 2. The number of benzene rings is 3. The Morgan fingerprint density at radius 3 is 2.52 bits per heavy atom. The monoisotopic (exact) mass is 442 g/mol. The fraction of sp³-hybridized carbons (Fsp3) is 0.192. The van der Waals surface area contributed by atoms with Gasteiger partial charge in [-0.25, -0.2) is 14.3 Å². The molecule has 168 valence electrons. The first-order chi connectivity index (χ1) is 16.0. The van der Waals surface area contributed by atoms with Crippen LogP contribution in [0.4, 0.5) is 16.3 Å². The van der Waals surface area contributed by atoms with Gasteiger partial charge in [0.2, 0.25) is 0 Å². The Labute approximate surface area is 192 Å². The largest absolute Gasteiger partial charge is 0.462 e. The number of ether oxygens (including phenoxy) is 1. The van der Waals surface area contributed by atoms with Gasteiger partial charge < -0.3 is 10.1 Å². The van der Waals surface area contributed by atoms with E-state index in [2.05, 4.69) is 15.7 Å². The zero-order valence-electron chi connectivity index (χ0n) is 18.8. The van der Waals surface area contributed by atoms with Crippen molar-refractivity contribution in [1.82, 2.24) is 9.78 Å². The SMILES string of the molecule is CCOC(=O)c1cccc(-n2nc(C(C)C)cc2NC(=O)Nc2cccc3ccccc23)c1. The second kappa shape index (κ2) is 9.56. The van der Waals surface area contributed by atoms with E-state index >= 15 is 0 Å². The minimum atomic E-state index is -0.404. The van der Waals surface area contributed by atoms with Crippen LogP contribution in [0.1, 0.15) is 42.7 Å². The molecule has 2 N–H and O–H groups in total. The molecule has 7 nitrogen and oxygen atoms in total. The first-order valence-corrected chi connectivity index (χ1v) is 10.9. The molecular formula is C26H26N4O3. The Kier molecular flexibility index (Phi) is 6.40. The summed E-state index contributed by atoms with van der Waals surface area (Å²) in [6.45, 7) is 6.12. The molecule has 4 rings (SSSR count). The molecule has 0 aliphatic heterocycles. The second-order valence-electron chi connectivity index (χ2n) is 7.90. The van der Waals surface area contributed by atoms with E-state index in [1.54, 1.807) is 29.8 Å². The molecule has 3 aromatic carbocycles. The van der Waals surface area contributed by atoms with E-state index in [9.17, 15) is 9.59 Å². The van der Waals surface area contributed by atoms with Gasteiger partial charge in [0.15, 0.2) is 0 Å². The maximum Gasteiger partial charge on any atom is 0.338 e.